The van der Waals surface area contributed by atoms with Crippen LogP contribution in [0.2, 0.25) is 0 Å². The van der Waals surface area contributed by atoms with Crippen LogP contribution in [0.4, 0.5) is 0 Å². The lowest BCUT2D eigenvalue weighted by Gasteiger charge is -2.16. The first kappa shape index (κ1) is 13.2. The zero-order chi connectivity index (χ0) is 12.0. The fourth-order valence-electron chi connectivity index (χ4n) is 1.39. The second kappa shape index (κ2) is 6.65. The lowest BCUT2D eigenvalue weighted by Crippen LogP contribution is -2.39. The van der Waals surface area contributed by atoms with Crippen molar-refractivity contribution in [1.82, 2.24) is 15.1 Å². The number of aromatic nitrogens is 2. The molecule has 1 N–H and O–H groups in total. The summed E-state index contributed by atoms with van der Waals surface area (Å²) in [5.41, 5.74) is 0.552. The lowest BCUT2D eigenvalue weighted by atomic mass is 10.2. The van der Waals surface area contributed by atoms with Gasteiger partial charge in [-0.1, -0.05) is 15.9 Å². The van der Waals surface area contributed by atoms with E-state index < -0.39 is 0 Å². The molecule has 0 aliphatic carbocycles. The SMILES string of the molecule is COCC(CCBr)NC(=O)c1ccnn1C. The summed E-state index contributed by atoms with van der Waals surface area (Å²) in [7, 11) is 3.36. The molecule has 5 nitrogen and oxygen atoms in total. The quantitative estimate of drug-likeness (QED) is 0.794. The van der Waals surface area contributed by atoms with Gasteiger partial charge in [-0.3, -0.25) is 9.48 Å². The molecule has 1 amide bonds. The third-order valence-electron chi connectivity index (χ3n) is 2.21. The number of hydrogen-bond acceptors (Lipinski definition) is 3. The van der Waals surface area contributed by atoms with E-state index in [0.717, 1.165) is 11.8 Å². The maximum atomic E-state index is 11.8. The van der Waals surface area contributed by atoms with Crippen molar-refractivity contribution in [3.05, 3.63) is 18.0 Å². The van der Waals surface area contributed by atoms with Gasteiger partial charge in [0.25, 0.3) is 5.91 Å². The Bertz CT molecular complexity index is 335. The summed E-state index contributed by atoms with van der Waals surface area (Å²) >= 11 is 3.35. The van der Waals surface area contributed by atoms with Crippen molar-refractivity contribution >= 4 is 21.8 Å². The van der Waals surface area contributed by atoms with E-state index >= 15 is 0 Å². The van der Waals surface area contributed by atoms with Gasteiger partial charge in [-0.25, -0.2) is 0 Å². The molecule has 6 heteroatoms. The van der Waals surface area contributed by atoms with Gasteiger partial charge < -0.3 is 10.1 Å². The number of methoxy groups -OCH3 is 1. The molecule has 1 heterocycles. The molecule has 1 aromatic heterocycles. The van der Waals surface area contributed by atoms with Gasteiger partial charge >= 0.3 is 0 Å². The predicted molar refractivity (Wildman–Crippen MR) is 64.7 cm³/mol. The Morgan fingerprint density at radius 3 is 3.00 bits per heavy atom. The van der Waals surface area contributed by atoms with Gasteiger partial charge in [0.15, 0.2) is 0 Å². The highest BCUT2D eigenvalue weighted by molar-refractivity contribution is 9.09. The Labute approximate surface area is 103 Å². The number of nitrogens with one attached hydrogen (secondary N) is 1. The van der Waals surface area contributed by atoms with Gasteiger partial charge in [0.1, 0.15) is 5.69 Å². The number of ether oxygens (including phenoxy) is 1. The fraction of sp³-hybridized carbons (Fsp3) is 0.600. The summed E-state index contributed by atoms with van der Waals surface area (Å²) in [5.74, 6) is -0.122. The minimum absolute atomic E-state index is 0.0202. The minimum atomic E-state index is -0.122. The lowest BCUT2D eigenvalue weighted by molar-refractivity contribution is 0.0886. The maximum absolute atomic E-state index is 11.8. The van der Waals surface area contributed by atoms with Gasteiger partial charge in [-0.05, 0) is 12.5 Å². The average Bonchev–Trinajstić information content (AvgIpc) is 2.65. The summed E-state index contributed by atoms with van der Waals surface area (Å²) in [4.78, 5) is 11.8. The van der Waals surface area contributed by atoms with Crippen LogP contribution in [0.15, 0.2) is 12.3 Å². The molecule has 0 radical (unpaired) electrons. The molecule has 0 fully saturated rings. The third-order valence-corrected chi connectivity index (χ3v) is 2.67. The van der Waals surface area contributed by atoms with Crippen LogP contribution in [0, 0.1) is 0 Å². The molecule has 0 saturated carbocycles. The average molecular weight is 290 g/mol. The Balaban J connectivity index is 2.58. The van der Waals surface area contributed by atoms with Crippen molar-refractivity contribution in [3.63, 3.8) is 0 Å². The van der Waals surface area contributed by atoms with Gasteiger partial charge in [0.2, 0.25) is 0 Å². The fourth-order valence-corrected chi connectivity index (χ4v) is 1.94. The molecule has 16 heavy (non-hydrogen) atoms. The zero-order valence-electron chi connectivity index (χ0n) is 9.44. The van der Waals surface area contributed by atoms with E-state index in [-0.39, 0.29) is 11.9 Å². The van der Waals surface area contributed by atoms with E-state index in [4.69, 9.17) is 4.74 Å². The largest absolute Gasteiger partial charge is 0.383 e. The highest BCUT2D eigenvalue weighted by Gasteiger charge is 2.15. The number of halogens is 1. The van der Waals surface area contributed by atoms with E-state index in [2.05, 4.69) is 26.3 Å². The monoisotopic (exact) mass is 289 g/mol. The number of carbonyl (C=O) groups excluding carboxylic acids is 1. The van der Waals surface area contributed by atoms with Gasteiger partial charge in [0.05, 0.1) is 12.6 Å². The molecule has 90 valence electrons. The van der Waals surface area contributed by atoms with E-state index in [9.17, 15) is 4.79 Å². The van der Waals surface area contributed by atoms with E-state index in [1.165, 1.54) is 0 Å². The van der Waals surface area contributed by atoms with Crippen molar-refractivity contribution in [1.29, 1.82) is 0 Å². The van der Waals surface area contributed by atoms with Crippen molar-refractivity contribution in [2.24, 2.45) is 7.05 Å². The second-order valence-corrected chi connectivity index (χ2v) is 4.24. The van der Waals surface area contributed by atoms with Crippen LogP contribution >= 0.6 is 15.9 Å². The number of hydrogen-bond donors (Lipinski definition) is 1. The summed E-state index contributed by atoms with van der Waals surface area (Å²) in [6.07, 6.45) is 2.43. The first-order valence-electron chi connectivity index (χ1n) is 5.02. The molecular weight excluding hydrogens is 274 g/mol. The zero-order valence-corrected chi connectivity index (χ0v) is 11.0. The van der Waals surface area contributed by atoms with Crippen LogP contribution in [0.5, 0.6) is 0 Å². The maximum Gasteiger partial charge on any atom is 0.269 e. The molecule has 0 aliphatic heterocycles. The van der Waals surface area contributed by atoms with Crippen LogP contribution in [-0.2, 0) is 11.8 Å². The molecule has 0 saturated heterocycles. The minimum Gasteiger partial charge on any atom is -0.383 e. The molecule has 0 aromatic carbocycles. The van der Waals surface area contributed by atoms with Gasteiger partial charge in [-0.2, -0.15) is 5.10 Å². The van der Waals surface area contributed by atoms with E-state index in [1.54, 1.807) is 31.1 Å². The molecule has 0 bridgehead atoms. The topological polar surface area (TPSA) is 56.1 Å². The molecule has 1 rings (SSSR count). The number of amides is 1. The van der Waals surface area contributed by atoms with Crippen LogP contribution in [0.1, 0.15) is 16.9 Å². The molecular formula is C10H16BrN3O2. The normalized spacial score (nSPS) is 12.4. The van der Waals surface area contributed by atoms with Crippen LogP contribution in [0.3, 0.4) is 0 Å². The van der Waals surface area contributed by atoms with Gasteiger partial charge in [-0.15, -0.1) is 0 Å². The number of alkyl halides is 1. The van der Waals surface area contributed by atoms with Crippen LogP contribution in [-0.4, -0.2) is 40.8 Å². The van der Waals surface area contributed by atoms with E-state index in [1.807, 2.05) is 0 Å². The van der Waals surface area contributed by atoms with Crippen molar-refractivity contribution in [3.8, 4) is 0 Å². The summed E-state index contributed by atoms with van der Waals surface area (Å²) in [6, 6.07) is 1.71. The molecule has 1 aromatic rings. The van der Waals surface area contributed by atoms with Crippen molar-refractivity contribution in [2.45, 2.75) is 12.5 Å². The highest BCUT2D eigenvalue weighted by Crippen LogP contribution is 2.01. The number of carbonyl (C=O) groups is 1. The third kappa shape index (κ3) is 3.61. The molecule has 1 unspecified atom stereocenters. The Morgan fingerprint density at radius 2 is 2.50 bits per heavy atom. The summed E-state index contributed by atoms with van der Waals surface area (Å²) in [6.45, 7) is 0.509. The predicted octanol–water partition coefficient (Wildman–Crippen LogP) is 0.950. The second-order valence-electron chi connectivity index (χ2n) is 3.44. The number of aryl methyl sites for hydroxylation is 1. The Hall–Kier alpha value is -0.880. The molecule has 0 aliphatic rings. The van der Waals surface area contributed by atoms with Crippen LogP contribution < -0.4 is 5.32 Å². The smallest absolute Gasteiger partial charge is 0.269 e. The number of rotatable bonds is 6. The summed E-state index contributed by atoms with van der Waals surface area (Å²) in [5, 5.41) is 7.69. The van der Waals surface area contributed by atoms with E-state index in [0.29, 0.717) is 12.3 Å². The van der Waals surface area contributed by atoms with Crippen molar-refractivity contribution in [2.75, 3.05) is 19.0 Å². The highest BCUT2D eigenvalue weighted by atomic mass is 79.9. The first-order valence-corrected chi connectivity index (χ1v) is 6.15. The van der Waals surface area contributed by atoms with Crippen molar-refractivity contribution < 1.29 is 9.53 Å². The Morgan fingerprint density at radius 1 is 1.75 bits per heavy atom. The number of nitrogens with zero attached hydrogens (tertiary/aromatic N) is 2. The first-order chi connectivity index (χ1) is 7.69. The molecule has 0 spiro atoms. The standard InChI is InChI=1S/C10H16BrN3O2/c1-14-9(4-6-12-14)10(15)13-8(3-5-11)7-16-2/h4,6,8H,3,5,7H2,1-2H3,(H,13,15). The molecule has 1 atom stereocenters. The Kier molecular flexibility index (Phi) is 5.48. The van der Waals surface area contributed by atoms with Crippen LogP contribution in [0.25, 0.3) is 0 Å². The summed E-state index contributed by atoms with van der Waals surface area (Å²) < 4.78 is 6.60. The van der Waals surface area contributed by atoms with Gasteiger partial charge in [0, 0.05) is 25.7 Å².